The van der Waals surface area contributed by atoms with Crippen molar-refractivity contribution in [3.8, 4) is 0 Å². The van der Waals surface area contributed by atoms with Gasteiger partial charge in [0.1, 0.15) is 0 Å². The zero-order valence-electron chi connectivity index (χ0n) is 9.86. The van der Waals surface area contributed by atoms with Crippen molar-refractivity contribution in [1.29, 1.82) is 0 Å². The third-order valence-corrected chi connectivity index (χ3v) is 3.30. The molecule has 0 bridgehead atoms. The van der Waals surface area contributed by atoms with Crippen LogP contribution in [0.5, 0.6) is 0 Å². The van der Waals surface area contributed by atoms with Crippen molar-refractivity contribution in [3.63, 3.8) is 0 Å². The molecule has 0 radical (unpaired) electrons. The van der Waals surface area contributed by atoms with E-state index >= 15 is 0 Å². The summed E-state index contributed by atoms with van der Waals surface area (Å²) in [5.74, 6) is 0. The van der Waals surface area contributed by atoms with Crippen LogP contribution in [0.2, 0.25) is 0 Å². The van der Waals surface area contributed by atoms with E-state index in [-0.39, 0.29) is 0 Å². The fourth-order valence-electron chi connectivity index (χ4n) is 2.31. The highest BCUT2D eigenvalue weighted by Crippen LogP contribution is 2.20. The van der Waals surface area contributed by atoms with Gasteiger partial charge in [0.05, 0.1) is 6.10 Å². The molecule has 0 aromatic carbocycles. The van der Waals surface area contributed by atoms with Gasteiger partial charge in [0.2, 0.25) is 0 Å². The zero-order chi connectivity index (χ0) is 11.2. The second-order valence-corrected chi connectivity index (χ2v) is 4.46. The van der Waals surface area contributed by atoms with Gasteiger partial charge < -0.3 is 10.1 Å². The summed E-state index contributed by atoms with van der Waals surface area (Å²) in [5.41, 5.74) is 1.30. The van der Waals surface area contributed by atoms with Gasteiger partial charge in [0.25, 0.3) is 0 Å². The van der Waals surface area contributed by atoms with Gasteiger partial charge in [-0.05, 0) is 43.4 Å². The van der Waals surface area contributed by atoms with E-state index < -0.39 is 0 Å². The van der Waals surface area contributed by atoms with Crippen LogP contribution in [-0.4, -0.2) is 24.2 Å². The average Bonchev–Trinajstić information content (AvgIpc) is 2.38. The van der Waals surface area contributed by atoms with Gasteiger partial charge in [-0.1, -0.05) is 0 Å². The van der Waals surface area contributed by atoms with Crippen LogP contribution in [-0.2, 0) is 11.3 Å². The van der Waals surface area contributed by atoms with Crippen LogP contribution in [0, 0.1) is 0 Å². The third-order valence-electron chi connectivity index (χ3n) is 3.30. The Morgan fingerprint density at radius 1 is 1.38 bits per heavy atom. The Bertz CT molecular complexity index is 302. The summed E-state index contributed by atoms with van der Waals surface area (Å²) in [5, 5.41) is 3.59. The summed E-state index contributed by atoms with van der Waals surface area (Å²) < 4.78 is 5.42. The number of nitrogens with zero attached hydrogens (tertiary/aromatic N) is 1. The zero-order valence-corrected chi connectivity index (χ0v) is 9.86. The van der Waals surface area contributed by atoms with Crippen molar-refractivity contribution < 1.29 is 4.74 Å². The molecule has 88 valence electrons. The lowest BCUT2D eigenvalue weighted by Crippen LogP contribution is -2.36. The monoisotopic (exact) mass is 220 g/mol. The third kappa shape index (κ3) is 3.29. The lowest BCUT2D eigenvalue weighted by atomic mass is 9.93. The molecule has 3 heteroatoms. The molecule has 1 aliphatic rings. The van der Waals surface area contributed by atoms with Gasteiger partial charge >= 0.3 is 0 Å². The topological polar surface area (TPSA) is 34.1 Å². The predicted molar refractivity (Wildman–Crippen MR) is 64.1 cm³/mol. The lowest BCUT2D eigenvalue weighted by Gasteiger charge is -2.28. The maximum absolute atomic E-state index is 5.42. The van der Waals surface area contributed by atoms with Gasteiger partial charge in [-0.25, -0.2) is 0 Å². The van der Waals surface area contributed by atoms with E-state index in [1.165, 1.54) is 24.8 Å². The molecule has 1 aromatic rings. The average molecular weight is 220 g/mol. The Morgan fingerprint density at radius 3 is 2.94 bits per heavy atom. The highest BCUT2D eigenvalue weighted by Gasteiger charge is 2.20. The molecule has 1 fully saturated rings. The number of aromatic nitrogens is 1. The normalized spacial score (nSPS) is 25.6. The Morgan fingerprint density at radius 2 is 2.19 bits per heavy atom. The van der Waals surface area contributed by atoms with E-state index in [0.29, 0.717) is 12.1 Å². The molecule has 0 saturated heterocycles. The molecule has 1 N–H and O–H groups in total. The number of pyridine rings is 1. The minimum Gasteiger partial charge on any atom is -0.381 e. The van der Waals surface area contributed by atoms with Gasteiger partial charge in [-0.2, -0.15) is 0 Å². The molecular weight excluding hydrogens is 200 g/mol. The first-order chi connectivity index (χ1) is 7.88. The molecule has 0 spiro atoms. The van der Waals surface area contributed by atoms with Crippen LogP contribution in [0.3, 0.4) is 0 Å². The highest BCUT2D eigenvalue weighted by molar-refractivity contribution is 5.09. The molecule has 1 saturated carbocycles. The van der Waals surface area contributed by atoms with Gasteiger partial charge in [0.15, 0.2) is 0 Å². The molecule has 1 aromatic heterocycles. The molecule has 1 heterocycles. The first-order valence-corrected chi connectivity index (χ1v) is 6.03. The van der Waals surface area contributed by atoms with E-state index in [0.717, 1.165) is 13.0 Å². The molecule has 1 aliphatic carbocycles. The van der Waals surface area contributed by atoms with Crippen molar-refractivity contribution >= 4 is 0 Å². The SMILES string of the molecule is COC1CCCC(NCc2ccncc2)C1. The fourth-order valence-corrected chi connectivity index (χ4v) is 2.31. The van der Waals surface area contributed by atoms with Crippen LogP contribution in [0.15, 0.2) is 24.5 Å². The van der Waals surface area contributed by atoms with E-state index in [2.05, 4.69) is 22.4 Å². The molecule has 0 aliphatic heterocycles. The summed E-state index contributed by atoms with van der Waals surface area (Å²) in [4.78, 5) is 4.02. The number of methoxy groups -OCH3 is 1. The Labute approximate surface area is 97.2 Å². The van der Waals surface area contributed by atoms with Crippen molar-refractivity contribution in [2.24, 2.45) is 0 Å². The molecule has 0 amide bonds. The number of hydrogen-bond donors (Lipinski definition) is 1. The Kier molecular flexibility index (Phi) is 4.31. The van der Waals surface area contributed by atoms with Gasteiger partial charge in [-0.3, -0.25) is 4.98 Å². The van der Waals surface area contributed by atoms with Crippen molar-refractivity contribution in [2.45, 2.75) is 44.4 Å². The molecule has 2 rings (SSSR count). The van der Waals surface area contributed by atoms with E-state index in [9.17, 15) is 0 Å². The molecular formula is C13H20N2O. The standard InChI is InChI=1S/C13H20N2O/c1-16-13-4-2-3-12(9-13)15-10-11-5-7-14-8-6-11/h5-8,12-13,15H,2-4,9-10H2,1H3. The lowest BCUT2D eigenvalue weighted by molar-refractivity contribution is 0.0586. The number of rotatable bonds is 4. The van der Waals surface area contributed by atoms with Crippen molar-refractivity contribution in [1.82, 2.24) is 10.3 Å². The maximum Gasteiger partial charge on any atom is 0.0586 e. The summed E-state index contributed by atoms with van der Waals surface area (Å²) in [7, 11) is 1.82. The first-order valence-electron chi connectivity index (χ1n) is 6.03. The van der Waals surface area contributed by atoms with Gasteiger partial charge in [-0.15, -0.1) is 0 Å². The van der Waals surface area contributed by atoms with E-state index in [1.54, 1.807) is 0 Å². The summed E-state index contributed by atoms with van der Waals surface area (Å²) in [6.45, 7) is 0.934. The van der Waals surface area contributed by atoms with Crippen LogP contribution in [0.4, 0.5) is 0 Å². The second-order valence-electron chi connectivity index (χ2n) is 4.46. The largest absolute Gasteiger partial charge is 0.381 e. The molecule has 3 nitrogen and oxygen atoms in total. The fraction of sp³-hybridized carbons (Fsp3) is 0.615. The van der Waals surface area contributed by atoms with Crippen LogP contribution < -0.4 is 5.32 Å². The Hall–Kier alpha value is -0.930. The van der Waals surface area contributed by atoms with Crippen LogP contribution >= 0.6 is 0 Å². The minimum absolute atomic E-state index is 0.448. The molecule has 2 atom stereocenters. The molecule has 2 unspecified atom stereocenters. The van der Waals surface area contributed by atoms with Gasteiger partial charge in [0, 0.05) is 32.1 Å². The summed E-state index contributed by atoms with van der Waals surface area (Å²) in [6.07, 6.45) is 9.03. The van der Waals surface area contributed by atoms with E-state index in [4.69, 9.17) is 4.74 Å². The van der Waals surface area contributed by atoms with E-state index in [1.807, 2.05) is 19.5 Å². The predicted octanol–water partition coefficient (Wildman–Crippen LogP) is 2.13. The van der Waals surface area contributed by atoms with Crippen molar-refractivity contribution in [3.05, 3.63) is 30.1 Å². The number of ether oxygens (including phenoxy) is 1. The molecule has 16 heavy (non-hydrogen) atoms. The van der Waals surface area contributed by atoms with Crippen LogP contribution in [0.1, 0.15) is 31.2 Å². The van der Waals surface area contributed by atoms with Crippen molar-refractivity contribution in [2.75, 3.05) is 7.11 Å². The smallest absolute Gasteiger partial charge is 0.0586 e. The first kappa shape index (κ1) is 11.6. The van der Waals surface area contributed by atoms with Crippen LogP contribution in [0.25, 0.3) is 0 Å². The summed E-state index contributed by atoms with van der Waals surface area (Å²) in [6, 6.07) is 4.72. The highest BCUT2D eigenvalue weighted by atomic mass is 16.5. The summed E-state index contributed by atoms with van der Waals surface area (Å²) >= 11 is 0. The maximum atomic E-state index is 5.42. The second kappa shape index (κ2) is 5.97. The minimum atomic E-state index is 0.448. The quantitative estimate of drug-likeness (QED) is 0.844. The number of nitrogens with one attached hydrogen (secondary N) is 1. The Balaban J connectivity index is 1.77. The number of hydrogen-bond acceptors (Lipinski definition) is 3.